The first kappa shape index (κ1) is 13.0. The standard InChI is InChI=1S/C14H28O/c1-5-12-6-8-13(9-7-12)14(3,4)10-11(2)15/h11-13,15H,5-10H2,1-4H3. The molecule has 15 heavy (non-hydrogen) atoms. The van der Waals surface area contributed by atoms with Crippen LogP contribution in [-0.2, 0) is 0 Å². The topological polar surface area (TPSA) is 20.2 Å². The lowest BCUT2D eigenvalue weighted by Gasteiger charge is -2.40. The highest BCUT2D eigenvalue weighted by Gasteiger charge is 2.33. The second-order valence-electron chi connectivity index (χ2n) is 6.17. The van der Waals surface area contributed by atoms with E-state index in [1.807, 2.05) is 6.92 Å². The summed E-state index contributed by atoms with van der Waals surface area (Å²) in [5.74, 6) is 1.80. The Hall–Kier alpha value is -0.0400. The summed E-state index contributed by atoms with van der Waals surface area (Å²) >= 11 is 0. The maximum absolute atomic E-state index is 9.52. The first-order valence-corrected chi connectivity index (χ1v) is 6.63. The molecule has 1 atom stereocenters. The average molecular weight is 212 g/mol. The van der Waals surface area contributed by atoms with Crippen LogP contribution in [0.4, 0.5) is 0 Å². The van der Waals surface area contributed by atoms with Gasteiger partial charge in [0, 0.05) is 0 Å². The molecule has 1 heteroatoms. The van der Waals surface area contributed by atoms with Gasteiger partial charge in [-0.1, -0.05) is 40.0 Å². The van der Waals surface area contributed by atoms with E-state index < -0.39 is 0 Å². The predicted octanol–water partition coefficient (Wildman–Crippen LogP) is 4.00. The van der Waals surface area contributed by atoms with Crippen LogP contribution in [-0.4, -0.2) is 11.2 Å². The van der Waals surface area contributed by atoms with Gasteiger partial charge in [-0.05, 0) is 43.4 Å². The van der Waals surface area contributed by atoms with Crippen molar-refractivity contribution in [1.82, 2.24) is 0 Å². The molecule has 0 bridgehead atoms. The lowest BCUT2D eigenvalue weighted by atomic mass is 9.66. The Morgan fingerprint density at radius 1 is 1.20 bits per heavy atom. The van der Waals surface area contributed by atoms with E-state index in [-0.39, 0.29) is 6.10 Å². The zero-order chi connectivity index (χ0) is 11.5. The van der Waals surface area contributed by atoms with Gasteiger partial charge in [0.15, 0.2) is 0 Å². The van der Waals surface area contributed by atoms with Crippen LogP contribution in [0.25, 0.3) is 0 Å². The molecule has 0 aliphatic heterocycles. The fraction of sp³-hybridized carbons (Fsp3) is 1.00. The van der Waals surface area contributed by atoms with Crippen LogP contribution in [0.1, 0.15) is 66.2 Å². The molecule has 0 saturated heterocycles. The molecule has 1 N–H and O–H groups in total. The van der Waals surface area contributed by atoms with Gasteiger partial charge in [-0.2, -0.15) is 0 Å². The van der Waals surface area contributed by atoms with E-state index >= 15 is 0 Å². The van der Waals surface area contributed by atoms with Crippen LogP contribution in [0.15, 0.2) is 0 Å². The van der Waals surface area contributed by atoms with E-state index in [0.29, 0.717) is 5.41 Å². The van der Waals surface area contributed by atoms with Crippen molar-refractivity contribution in [3.8, 4) is 0 Å². The zero-order valence-electron chi connectivity index (χ0n) is 10.9. The Kier molecular flexibility index (Phi) is 4.64. The highest BCUT2D eigenvalue weighted by atomic mass is 16.3. The molecule has 0 aromatic carbocycles. The van der Waals surface area contributed by atoms with E-state index in [1.54, 1.807) is 0 Å². The Morgan fingerprint density at radius 2 is 1.73 bits per heavy atom. The summed E-state index contributed by atoms with van der Waals surface area (Å²) < 4.78 is 0. The summed E-state index contributed by atoms with van der Waals surface area (Å²) in [7, 11) is 0. The molecule has 0 heterocycles. The maximum Gasteiger partial charge on any atom is 0.0517 e. The zero-order valence-corrected chi connectivity index (χ0v) is 10.9. The van der Waals surface area contributed by atoms with Crippen molar-refractivity contribution in [1.29, 1.82) is 0 Å². The molecular formula is C14H28O. The minimum Gasteiger partial charge on any atom is -0.393 e. The van der Waals surface area contributed by atoms with Crippen LogP contribution in [0, 0.1) is 17.3 Å². The first-order valence-electron chi connectivity index (χ1n) is 6.63. The smallest absolute Gasteiger partial charge is 0.0517 e. The SMILES string of the molecule is CCC1CCC(C(C)(C)CC(C)O)CC1. The molecule has 1 nitrogen and oxygen atoms in total. The molecule has 1 aliphatic carbocycles. The third kappa shape index (κ3) is 3.79. The molecule has 1 rings (SSSR count). The molecule has 1 unspecified atom stereocenters. The fourth-order valence-corrected chi connectivity index (χ4v) is 3.28. The van der Waals surface area contributed by atoms with Crippen molar-refractivity contribution < 1.29 is 5.11 Å². The number of rotatable bonds is 4. The summed E-state index contributed by atoms with van der Waals surface area (Å²) in [6, 6.07) is 0. The third-order valence-corrected chi connectivity index (χ3v) is 4.35. The number of hydrogen-bond donors (Lipinski definition) is 1. The normalized spacial score (nSPS) is 30.2. The maximum atomic E-state index is 9.52. The quantitative estimate of drug-likeness (QED) is 0.747. The Morgan fingerprint density at radius 3 is 2.13 bits per heavy atom. The van der Waals surface area contributed by atoms with E-state index in [9.17, 15) is 5.11 Å². The molecule has 0 amide bonds. The molecule has 0 radical (unpaired) electrons. The molecule has 1 fully saturated rings. The van der Waals surface area contributed by atoms with Gasteiger partial charge in [0.05, 0.1) is 6.10 Å². The van der Waals surface area contributed by atoms with E-state index in [0.717, 1.165) is 18.3 Å². The van der Waals surface area contributed by atoms with Gasteiger partial charge < -0.3 is 5.11 Å². The predicted molar refractivity (Wildman–Crippen MR) is 65.8 cm³/mol. The highest BCUT2D eigenvalue weighted by Crippen LogP contribution is 2.43. The molecule has 90 valence electrons. The lowest BCUT2D eigenvalue weighted by Crippen LogP contribution is -2.31. The second-order valence-corrected chi connectivity index (χ2v) is 6.17. The van der Waals surface area contributed by atoms with E-state index in [1.165, 1.54) is 32.1 Å². The largest absolute Gasteiger partial charge is 0.393 e. The lowest BCUT2D eigenvalue weighted by molar-refractivity contribution is 0.0633. The Labute approximate surface area is 95.3 Å². The molecule has 0 spiro atoms. The van der Waals surface area contributed by atoms with Gasteiger partial charge >= 0.3 is 0 Å². The minimum atomic E-state index is -0.149. The van der Waals surface area contributed by atoms with Crippen molar-refractivity contribution in [3.05, 3.63) is 0 Å². The number of aliphatic hydroxyl groups is 1. The van der Waals surface area contributed by atoms with Crippen molar-refractivity contribution >= 4 is 0 Å². The van der Waals surface area contributed by atoms with Gasteiger partial charge in [-0.25, -0.2) is 0 Å². The molecule has 1 aliphatic rings. The van der Waals surface area contributed by atoms with Gasteiger partial charge in [0.25, 0.3) is 0 Å². The fourth-order valence-electron chi connectivity index (χ4n) is 3.28. The van der Waals surface area contributed by atoms with Crippen molar-refractivity contribution in [2.45, 2.75) is 72.3 Å². The average Bonchev–Trinajstić information content (AvgIpc) is 2.16. The van der Waals surface area contributed by atoms with Crippen LogP contribution < -0.4 is 0 Å². The number of aliphatic hydroxyl groups excluding tert-OH is 1. The van der Waals surface area contributed by atoms with Crippen LogP contribution in [0.5, 0.6) is 0 Å². The van der Waals surface area contributed by atoms with Crippen molar-refractivity contribution in [3.63, 3.8) is 0 Å². The van der Waals surface area contributed by atoms with E-state index in [2.05, 4.69) is 20.8 Å². The molecular weight excluding hydrogens is 184 g/mol. The number of hydrogen-bond acceptors (Lipinski definition) is 1. The van der Waals surface area contributed by atoms with E-state index in [4.69, 9.17) is 0 Å². The second kappa shape index (κ2) is 5.34. The van der Waals surface area contributed by atoms with Gasteiger partial charge in [-0.3, -0.25) is 0 Å². The molecule has 1 saturated carbocycles. The highest BCUT2D eigenvalue weighted by molar-refractivity contribution is 4.84. The summed E-state index contributed by atoms with van der Waals surface area (Å²) in [4.78, 5) is 0. The summed E-state index contributed by atoms with van der Waals surface area (Å²) in [5.41, 5.74) is 0.326. The minimum absolute atomic E-state index is 0.149. The third-order valence-electron chi connectivity index (χ3n) is 4.35. The van der Waals surface area contributed by atoms with Crippen LogP contribution in [0.3, 0.4) is 0 Å². The summed E-state index contributed by atoms with van der Waals surface area (Å²) in [5, 5.41) is 9.52. The van der Waals surface area contributed by atoms with Crippen molar-refractivity contribution in [2.75, 3.05) is 0 Å². The molecule has 0 aromatic heterocycles. The summed E-state index contributed by atoms with van der Waals surface area (Å²) in [6.45, 7) is 8.89. The van der Waals surface area contributed by atoms with Crippen LogP contribution in [0.2, 0.25) is 0 Å². The first-order chi connectivity index (χ1) is 6.95. The summed E-state index contributed by atoms with van der Waals surface area (Å²) in [6.07, 6.45) is 7.72. The van der Waals surface area contributed by atoms with Gasteiger partial charge in [0.1, 0.15) is 0 Å². The van der Waals surface area contributed by atoms with Crippen LogP contribution >= 0.6 is 0 Å². The van der Waals surface area contributed by atoms with Gasteiger partial charge in [-0.15, -0.1) is 0 Å². The van der Waals surface area contributed by atoms with Crippen molar-refractivity contribution in [2.24, 2.45) is 17.3 Å². The monoisotopic (exact) mass is 212 g/mol. The Bertz CT molecular complexity index is 176. The Balaban J connectivity index is 2.44. The molecule has 0 aromatic rings. The van der Waals surface area contributed by atoms with Gasteiger partial charge in [0.2, 0.25) is 0 Å².